The van der Waals surface area contributed by atoms with Crippen LogP contribution in [0.4, 0.5) is 0 Å². The maximum absolute atomic E-state index is 12.7. The van der Waals surface area contributed by atoms with Crippen LogP contribution in [0.1, 0.15) is 30.6 Å². The quantitative estimate of drug-likeness (QED) is 0.868. The summed E-state index contributed by atoms with van der Waals surface area (Å²) in [6, 6.07) is 5.10. The first kappa shape index (κ1) is 17.4. The summed E-state index contributed by atoms with van der Waals surface area (Å²) >= 11 is 6.04. The molecule has 1 amide bonds. The van der Waals surface area contributed by atoms with E-state index in [0.29, 0.717) is 28.7 Å². The molecule has 2 aromatic rings. The molecule has 0 fully saturated rings. The van der Waals surface area contributed by atoms with Crippen molar-refractivity contribution in [2.75, 3.05) is 13.6 Å². The maximum Gasteiger partial charge on any atom is 0.255 e. The molecule has 1 aromatic heterocycles. The average molecular weight is 337 g/mol. The second-order valence-electron chi connectivity index (χ2n) is 5.84. The minimum absolute atomic E-state index is 0.0589. The zero-order chi connectivity index (χ0) is 17.0. The van der Waals surface area contributed by atoms with Crippen molar-refractivity contribution in [1.29, 1.82) is 0 Å². The number of nitrogens with two attached hydrogens (primary N) is 1. The molecule has 0 radical (unpaired) electrons. The Kier molecular flexibility index (Phi) is 5.68. The highest BCUT2D eigenvalue weighted by molar-refractivity contribution is 6.31. The molecule has 0 bridgehead atoms. The smallest absolute Gasteiger partial charge is 0.255 e. The normalized spacial score (nSPS) is 12.4. The number of hydrogen-bond donors (Lipinski definition) is 1. The van der Waals surface area contributed by atoms with E-state index in [-0.39, 0.29) is 11.9 Å². The van der Waals surface area contributed by atoms with Crippen LogP contribution < -0.4 is 5.73 Å². The standard InChI is InChI=1S/C15H21ClN6O/c1-10(2)13(17)6-7-21(3)15(23)12-8-11(16)4-5-14(12)22-9-18-19-20-22/h4-5,8-10,13H,6-7,17H2,1-3H3. The number of aromatic nitrogens is 4. The third-order valence-corrected chi connectivity index (χ3v) is 4.02. The van der Waals surface area contributed by atoms with Crippen molar-refractivity contribution < 1.29 is 4.79 Å². The monoisotopic (exact) mass is 336 g/mol. The van der Waals surface area contributed by atoms with E-state index < -0.39 is 0 Å². The fourth-order valence-electron chi connectivity index (χ4n) is 2.13. The zero-order valence-electron chi connectivity index (χ0n) is 13.5. The number of benzene rings is 1. The van der Waals surface area contributed by atoms with E-state index in [4.69, 9.17) is 17.3 Å². The van der Waals surface area contributed by atoms with Gasteiger partial charge in [0.05, 0.1) is 11.3 Å². The van der Waals surface area contributed by atoms with E-state index in [9.17, 15) is 4.79 Å². The second kappa shape index (κ2) is 7.52. The van der Waals surface area contributed by atoms with Gasteiger partial charge in [0.2, 0.25) is 0 Å². The van der Waals surface area contributed by atoms with E-state index >= 15 is 0 Å². The molecule has 7 nitrogen and oxygen atoms in total. The molecule has 1 aromatic carbocycles. The number of hydrogen-bond acceptors (Lipinski definition) is 5. The minimum atomic E-state index is -0.144. The summed E-state index contributed by atoms with van der Waals surface area (Å²) in [6.07, 6.45) is 2.18. The lowest BCUT2D eigenvalue weighted by molar-refractivity contribution is 0.0789. The summed E-state index contributed by atoms with van der Waals surface area (Å²) in [4.78, 5) is 14.4. The van der Waals surface area contributed by atoms with Gasteiger partial charge in [0, 0.05) is 24.7 Å². The lowest BCUT2D eigenvalue weighted by Gasteiger charge is -2.22. The summed E-state index contributed by atoms with van der Waals surface area (Å²) < 4.78 is 1.44. The third kappa shape index (κ3) is 4.27. The Balaban J connectivity index is 2.20. The van der Waals surface area contributed by atoms with Gasteiger partial charge in [-0.1, -0.05) is 25.4 Å². The molecular weight excluding hydrogens is 316 g/mol. The highest BCUT2D eigenvalue weighted by Crippen LogP contribution is 2.20. The Hall–Kier alpha value is -1.99. The molecule has 0 aliphatic rings. The molecule has 2 rings (SSSR count). The molecular formula is C15H21ClN6O. The lowest BCUT2D eigenvalue weighted by Crippen LogP contribution is -2.35. The summed E-state index contributed by atoms with van der Waals surface area (Å²) in [5.41, 5.74) is 7.08. The molecule has 1 unspecified atom stereocenters. The first-order chi connectivity index (χ1) is 10.9. The zero-order valence-corrected chi connectivity index (χ0v) is 14.2. The largest absolute Gasteiger partial charge is 0.342 e. The number of carbonyl (C=O) groups excluding carboxylic acids is 1. The van der Waals surface area contributed by atoms with E-state index in [2.05, 4.69) is 29.4 Å². The van der Waals surface area contributed by atoms with Crippen molar-refractivity contribution >= 4 is 17.5 Å². The van der Waals surface area contributed by atoms with Crippen LogP contribution in [-0.2, 0) is 0 Å². The van der Waals surface area contributed by atoms with Gasteiger partial charge in [-0.3, -0.25) is 4.79 Å². The number of rotatable bonds is 6. The first-order valence-electron chi connectivity index (χ1n) is 7.44. The topological polar surface area (TPSA) is 89.9 Å². The molecule has 0 spiro atoms. The fraction of sp³-hybridized carbons (Fsp3) is 0.467. The molecule has 23 heavy (non-hydrogen) atoms. The summed E-state index contributed by atoms with van der Waals surface area (Å²) in [6.45, 7) is 4.71. The average Bonchev–Trinajstić information content (AvgIpc) is 3.05. The van der Waals surface area contributed by atoms with Gasteiger partial charge in [-0.15, -0.1) is 5.10 Å². The van der Waals surface area contributed by atoms with Crippen LogP contribution in [0.2, 0.25) is 5.02 Å². The molecule has 0 saturated carbocycles. The van der Waals surface area contributed by atoms with E-state index in [1.807, 2.05) is 0 Å². The van der Waals surface area contributed by atoms with E-state index in [1.54, 1.807) is 30.1 Å². The highest BCUT2D eigenvalue weighted by atomic mass is 35.5. The third-order valence-electron chi connectivity index (χ3n) is 3.79. The highest BCUT2D eigenvalue weighted by Gasteiger charge is 2.19. The van der Waals surface area contributed by atoms with Crippen LogP contribution in [0.25, 0.3) is 5.69 Å². The Morgan fingerprint density at radius 3 is 2.78 bits per heavy atom. The predicted molar refractivity (Wildman–Crippen MR) is 88.6 cm³/mol. The molecule has 0 saturated heterocycles. The van der Waals surface area contributed by atoms with Crippen molar-refractivity contribution in [3.05, 3.63) is 35.1 Å². The predicted octanol–water partition coefficient (Wildman–Crippen LogP) is 1.76. The van der Waals surface area contributed by atoms with Crippen LogP contribution in [0.15, 0.2) is 24.5 Å². The number of halogens is 1. The van der Waals surface area contributed by atoms with Gasteiger partial charge >= 0.3 is 0 Å². The molecule has 1 heterocycles. The second-order valence-corrected chi connectivity index (χ2v) is 6.28. The van der Waals surface area contributed by atoms with Gasteiger partial charge in [0.1, 0.15) is 6.33 Å². The van der Waals surface area contributed by atoms with Crippen molar-refractivity contribution in [3.63, 3.8) is 0 Å². The van der Waals surface area contributed by atoms with Crippen LogP contribution in [-0.4, -0.2) is 50.6 Å². The lowest BCUT2D eigenvalue weighted by atomic mass is 10.0. The molecule has 0 aliphatic carbocycles. The summed E-state index contributed by atoms with van der Waals surface area (Å²) in [5, 5.41) is 11.5. The van der Waals surface area contributed by atoms with Crippen LogP contribution >= 0.6 is 11.6 Å². The van der Waals surface area contributed by atoms with Gasteiger partial charge in [-0.2, -0.15) is 4.68 Å². The Bertz CT molecular complexity index is 658. The van der Waals surface area contributed by atoms with Gasteiger partial charge in [0.15, 0.2) is 0 Å². The Morgan fingerprint density at radius 2 is 2.17 bits per heavy atom. The minimum Gasteiger partial charge on any atom is -0.342 e. The van der Waals surface area contributed by atoms with Gasteiger partial charge in [-0.25, -0.2) is 0 Å². The molecule has 124 valence electrons. The summed E-state index contributed by atoms with van der Waals surface area (Å²) in [7, 11) is 1.75. The first-order valence-corrected chi connectivity index (χ1v) is 7.82. The molecule has 2 N–H and O–H groups in total. The van der Waals surface area contributed by atoms with Crippen molar-refractivity contribution in [3.8, 4) is 5.69 Å². The van der Waals surface area contributed by atoms with Crippen LogP contribution in [0.5, 0.6) is 0 Å². The van der Waals surface area contributed by atoms with Gasteiger partial charge < -0.3 is 10.6 Å². The number of amides is 1. The fourth-order valence-corrected chi connectivity index (χ4v) is 2.31. The van der Waals surface area contributed by atoms with Gasteiger partial charge in [-0.05, 0) is 41.0 Å². The number of carbonyl (C=O) groups is 1. The number of nitrogens with zero attached hydrogens (tertiary/aromatic N) is 5. The molecule has 1 atom stereocenters. The van der Waals surface area contributed by atoms with Crippen molar-refractivity contribution in [2.24, 2.45) is 11.7 Å². The van der Waals surface area contributed by atoms with Crippen LogP contribution in [0.3, 0.4) is 0 Å². The van der Waals surface area contributed by atoms with Crippen molar-refractivity contribution in [1.82, 2.24) is 25.1 Å². The van der Waals surface area contributed by atoms with E-state index in [1.165, 1.54) is 11.0 Å². The SMILES string of the molecule is CC(C)C(N)CCN(C)C(=O)c1cc(Cl)ccc1-n1cnnn1. The Morgan fingerprint density at radius 1 is 1.43 bits per heavy atom. The van der Waals surface area contributed by atoms with Gasteiger partial charge in [0.25, 0.3) is 5.91 Å². The molecule has 0 aliphatic heterocycles. The maximum atomic E-state index is 12.7. The van der Waals surface area contributed by atoms with Crippen molar-refractivity contribution in [2.45, 2.75) is 26.3 Å². The number of tetrazole rings is 1. The van der Waals surface area contributed by atoms with Crippen LogP contribution in [0, 0.1) is 5.92 Å². The summed E-state index contributed by atoms with van der Waals surface area (Å²) in [5.74, 6) is 0.232. The molecule has 8 heteroatoms. The Labute approximate surface area is 140 Å². The van der Waals surface area contributed by atoms with E-state index in [0.717, 1.165) is 6.42 Å².